The number of imidazole rings is 1. The number of esters is 1. The van der Waals surface area contributed by atoms with Crippen molar-refractivity contribution in [2.45, 2.75) is 0 Å². The van der Waals surface area contributed by atoms with Gasteiger partial charge < -0.3 is 19.8 Å². The summed E-state index contributed by atoms with van der Waals surface area (Å²) in [6.45, 7) is 0. The molecule has 0 saturated heterocycles. The molecule has 0 spiro atoms. The number of carbonyl (C=O) groups is 1. The van der Waals surface area contributed by atoms with Gasteiger partial charge in [0.25, 0.3) is 0 Å². The van der Waals surface area contributed by atoms with E-state index in [1.165, 1.54) is 7.11 Å². The number of aromatic nitrogens is 2. The lowest BCUT2D eigenvalue weighted by atomic mass is 10.2. The highest BCUT2D eigenvalue weighted by Gasteiger charge is 2.06. The van der Waals surface area contributed by atoms with Gasteiger partial charge in [-0.05, 0) is 36.4 Å². The fourth-order valence-electron chi connectivity index (χ4n) is 2.12. The number of aromatic amines is 1. The summed E-state index contributed by atoms with van der Waals surface area (Å²) < 4.78 is 9.85. The lowest BCUT2D eigenvalue weighted by molar-refractivity contribution is 0.0601. The van der Waals surface area contributed by atoms with Crippen molar-refractivity contribution in [2.24, 2.45) is 0 Å². The Balaban J connectivity index is 1.82. The molecular weight excluding hydrogens is 282 g/mol. The van der Waals surface area contributed by atoms with Crippen molar-refractivity contribution in [1.82, 2.24) is 9.97 Å². The number of nitrogens with one attached hydrogen (secondary N) is 2. The second-order valence-electron chi connectivity index (χ2n) is 4.66. The number of fused-ring (bicyclic) bond motifs is 1. The molecule has 0 bridgehead atoms. The molecule has 0 atom stereocenters. The Labute approximate surface area is 127 Å². The highest BCUT2D eigenvalue weighted by atomic mass is 16.5. The first kappa shape index (κ1) is 13.9. The van der Waals surface area contributed by atoms with Crippen LogP contribution in [0.2, 0.25) is 0 Å². The SMILES string of the molecule is COC(=O)c1ccc(Nc2nc3ccc(OC)cc3[nH]2)cc1. The van der Waals surface area contributed by atoms with Crippen LogP contribution >= 0.6 is 0 Å². The maximum Gasteiger partial charge on any atom is 0.337 e. The first-order valence-electron chi connectivity index (χ1n) is 6.69. The average Bonchev–Trinajstić information content (AvgIpc) is 2.95. The van der Waals surface area contributed by atoms with Gasteiger partial charge >= 0.3 is 5.97 Å². The van der Waals surface area contributed by atoms with Crippen molar-refractivity contribution in [1.29, 1.82) is 0 Å². The zero-order valence-electron chi connectivity index (χ0n) is 12.2. The molecule has 3 rings (SSSR count). The van der Waals surface area contributed by atoms with E-state index in [0.29, 0.717) is 11.5 Å². The predicted molar refractivity (Wildman–Crippen MR) is 83.7 cm³/mol. The molecule has 2 N–H and O–H groups in total. The van der Waals surface area contributed by atoms with Crippen LogP contribution in [-0.4, -0.2) is 30.2 Å². The van der Waals surface area contributed by atoms with Crippen molar-refractivity contribution < 1.29 is 14.3 Å². The molecular formula is C16H15N3O3. The number of methoxy groups -OCH3 is 2. The minimum atomic E-state index is -0.359. The summed E-state index contributed by atoms with van der Waals surface area (Å²) >= 11 is 0. The number of anilines is 2. The van der Waals surface area contributed by atoms with Crippen LogP contribution in [0.4, 0.5) is 11.6 Å². The molecule has 0 aliphatic heterocycles. The third kappa shape index (κ3) is 2.71. The fraction of sp³-hybridized carbons (Fsp3) is 0.125. The van der Waals surface area contributed by atoms with E-state index in [2.05, 4.69) is 20.0 Å². The Morgan fingerprint density at radius 2 is 1.91 bits per heavy atom. The second-order valence-corrected chi connectivity index (χ2v) is 4.66. The summed E-state index contributed by atoms with van der Waals surface area (Å²) in [6, 6.07) is 12.6. The largest absolute Gasteiger partial charge is 0.497 e. The number of rotatable bonds is 4. The van der Waals surface area contributed by atoms with Crippen LogP contribution in [0.5, 0.6) is 5.75 Å². The van der Waals surface area contributed by atoms with Gasteiger partial charge in [-0.3, -0.25) is 0 Å². The van der Waals surface area contributed by atoms with Gasteiger partial charge in [0, 0.05) is 11.8 Å². The number of H-pyrrole nitrogens is 1. The summed E-state index contributed by atoms with van der Waals surface area (Å²) in [4.78, 5) is 19.0. The van der Waals surface area contributed by atoms with Crippen molar-refractivity contribution >= 4 is 28.6 Å². The summed E-state index contributed by atoms with van der Waals surface area (Å²) in [5.74, 6) is 1.03. The molecule has 0 radical (unpaired) electrons. The molecule has 0 aliphatic rings. The molecule has 1 aromatic heterocycles. The quantitative estimate of drug-likeness (QED) is 0.724. The average molecular weight is 297 g/mol. The smallest absolute Gasteiger partial charge is 0.337 e. The topological polar surface area (TPSA) is 76.2 Å². The van der Waals surface area contributed by atoms with Crippen LogP contribution in [0.15, 0.2) is 42.5 Å². The molecule has 3 aromatic rings. The van der Waals surface area contributed by atoms with Gasteiger partial charge in [0.15, 0.2) is 0 Å². The molecule has 1 heterocycles. The van der Waals surface area contributed by atoms with Crippen LogP contribution in [0.25, 0.3) is 11.0 Å². The second kappa shape index (κ2) is 5.77. The molecule has 0 unspecified atom stereocenters. The van der Waals surface area contributed by atoms with E-state index in [-0.39, 0.29) is 5.97 Å². The van der Waals surface area contributed by atoms with Crippen LogP contribution in [0.1, 0.15) is 10.4 Å². The minimum Gasteiger partial charge on any atom is -0.497 e. The Hall–Kier alpha value is -3.02. The van der Waals surface area contributed by atoms with Crippen LogP contribution < -0.4 is 10.1 Å². The van der Waals surface area contributed by atoms with Gasteiger partial charge in [-0.25, -0.2) is 9.78 Å². The van der Waals surface area contributed by atoms with Crippen molar-refractivity contribution in [3.05, 3.63) is 48.0 Å². The number of hydrogen-bond acceptors (Lipinski definition) is 5. The van der Waals surface area contributed by atoms with Gasteiger partial charge in [0.2, 0.25) is 5.95 Å². The van der Waals surface area contributed by atoms with Gasteiger partial charge in [-0.1, -0.05) is 0 Å². The van der Waals surface area contributed by atoms with Gasteiger partial charge in [-0.2, -0.15) is 0 Å². The van der Waals surface area contributed by atoms with E-state index in [9.17, 15) is 4.79 Å². The van der Waals surface area contributed by atoms with E-state index in [1.54, 1.807) is 31.4 Å². The first-order chi connectivity index (χ1) is 10.7. The van der Waals surface area contributed by atoms with Crippen molar-refractivity contribution in [3.8, 4) is 5.75 Å². The Morgan fingerprint density at radius 3 is 2.59 bits per heavy atom. The molecule has 22 heavy (non-hydrogen) atoms. The molecule has 2 aromatic carbocycles. The molecule has 0 saturated carbocycles. The summed E-state index contributed by atoms with van der Waals surface area (Å²) in [7, 11) is 2.98. The zero-order valence-corrected chi connectivity index (χ0v) is 12.2. The standard InChI is InChI=1S/C16H15N3O3/c1-21-12-7-8-13-14(9-12)19-16(18-13)17-11-5-3-10(4-6-11)15(20)22-2/h3-9H,1-2H3,(H2,17,18,19). The molecule has 0 fully saturated rings. The normalized spacial score (nSPS) is 10.5. The van der Waals surface area contributed by atoms with Crippen LogP contribution in [0.3, 0.4) is 0 Å². The Kier molecular flexibility index (Phi) is 3.65. The zero-order chi connectivity index (χ0) is 15.5. The highest BCUT2D eigenvalue weighted by molar-refractivity contribution is 5.89. The van der Waals surface area contributed by atoms with E-state index in [0.717, 1.165) is 22.5 Å². The Bertz CT molecular complexity index is 809. The lowest BCUT2D eigenvalue weighted by Crippen LogP contribution is -2.01. The van der Waals surface area contributed by atoms with E-state index in [1.807, 2.05) is 18.2 Å². The van der Waals surface area contributed by atoms with E-state index in [4.69, 9.17) is 4.74 Å². The number of hydrogen-bond donors (Lipinski definition) is 2. The van der Waals surface area contributed by atoms with Gasteiger partial charge in [0.05, 0.1) is 30.8 Å². The Morgan fingerprint density at radius 1 is 1.14 bits per heavy atom. The van der Waals surface area contributed by atoms with Gasteiger partial charge in [-0.15, -0.1) is 0 Å². The predicted octanol–water partition coefficient (Wildman–Crippen LogP) is 3.10. The molecule has 6 nitrogen and oxygen atoms in total. The first-order valence-corrected chi connectivity index (χ1v) is 6.69. The maximum absolute atomic E-state index is 11.4. The molecule has 0 aliphatic carbocycles. The fourth-order valence-corrected chi connectivity index (χ4v) is 2.12. The van der Waals surface area contributed by atoms with Gasteiger partial charge in [0.1, 0.15) is 5.75 Å². The maximum atomic E-state index is 11.4. The summed E-state index contributed by atoms with van der Waals surface area (Å²) in [5, 5.41) is 3.16. The van der Waals surface area contributed by atoms with Crippen molar-refractivity contribution in [2.75, 3.05) is 19.5 Å². The number of ether oxygens (including phenoxy) is 2. The molecule has 6 heteroatoms. The van der Waals surface area contributed by atoms with E-state index >= 15 is 0 Å². The van der Waals surface area contributed by atoms with Crippen molar-refractivity contribution in [3.63, 3.8) is 0 Å². The van der Waals surface area contributed by atoms with E-state index < -0.39 is 0 Å². The lowest BCUT2D eigenvalue weighted by Gasteiger charge is -2.03. The molecule has 0 amide bonds. The number of benzene rings is 2. The molecule has 112 valence electrons. The number of carbonyl (C=O) groups excluding carboxylic acids is 1. The highest BCUT2D eigenvalue weighted by Crippen LogP contribution is 2.22. The third-order valence-corrected chi connectivity index (χ3v) is 3.26. The summed E-state index contributed by atoms with van der Waals surface area (Å²) in [5.41, 5.74) is 3.04. The minimum absolute atomic E-state index is 0.359. The summed E-state index contributed by atoms with van der Waals surface area (Å²) in [6.07, 6.45) is 0. The monoisotopic (exact) mass is 297 g/mol. The number of nitrogens with zero attached hydrogens (tertiary/aromatic N) is 1. The third-order valence-electron chi connectivity index (χ3n) is 3.26. The van der Waals surface area contributed by atoms with Crippen LogP contribution in [0, 0.1) is 0 Å². The van der Waals surface area contributed by atoms with Crippen LogP contribution in [-0.2, 0) is 4.74 Å².